The molecule has 0 spiro atoms. The second-order valence-corrected chi connectivity index (χ2v) is 15.2. The van der Waals surface area contributed by atoms with E-state index in [9.17, 15) is 31.5 Å². The van der Waals surface area contributed by atoms with Gasteiger partial charge in [-0.05, 0) is 84.1 Å². The lowest BCUT2D eigenvalue weighted by Crippen LogP contribution is -2.30. The maximum Gasteiger partial charge on any atom is 0.247 e. The fraction of sp³-hybridized carbons (Fsp3) is 0.162. The maximum absolute atomic E-state index is 14.2. The Morgan fingerprint density at radius 3 is 2.12 bits per heavy atom. The first-order valence-corrected chi connectivity index (χ1v) is 18.7. The number of aryl methyl sites for hydroxylation is 2. The molecular formula is C37H31Cl2FNO7S2-. The van der Waals surface area contributed by atoms with Gasteiger partial charge in [0.1, 0.15) is 22.2 Å². The minimum absolute atomic E-state index is 0.00323. The number of halogens is 3. The van der Waals surface area contributed by atoms with Crippen molar-refractivity contribution in [2.24, 2.45) is 0 Å². The molecule has 0 radical (unpaired) electrons. The third kappa shape index (κ3) is 9.78. The molecule has 5 aromatic carbocycles. The average molecular weight is 756 g/mol. The third-order valence-electron chi connectivity index (χ3n) is 7.73. The third-order valence-corrected chi connectivity index (χ3v) is 10.6. The summed E-state index contributed by atoms with van der Waals surface area (Å²) in [6, 6.07) is 26.5. The normalized spacial score (nSPS) is 12.2. The number of ether oxygens (including phenoxy) is 1. The fourth-order valence-electron chi connectivity index (χ4n) is 5.19. The highest BCUT2D eigenvalue weighted by atomic mass is 35.5. The lowest BCUT2D eigenvalue weighted by molar-refractivity contribution is 0.0982. The van der Waals surface area contributed by atoms with Gasteiger partial charge in [0.15, 0.2) is 11.5 Å². The SMILES string of the molecule is Cc1ccc(C(=O)CCc2cc(CN(Cc3ccc(CS(=O)[O-])cc3)S(=O)(=O)c3cc(Cl)cc(Cl)c3O)cc(Oc3ccc(F)cc3)c2)cc1. The Morgan fingerprint density at radius 1 is 0.840 bits per heavy atom. The molecule has 5 rings (SSSR count). The van der Waals surface area contributed by atoms with E-state index in [0.29, 0.717) is 45.7 Å². The smallest absolute Gasteiger partial charge is 0.247 e. The van der Waals surface area contributed by atoms with Crippen LogP contribution in [0.15, 0.2) is 108 Å². The van der Waals surface area contributed by atoms with Gasteiger partial charge in [-0.15, -0.1) is 0 Å². The van der Waals surface area contributed by atoms with Gasteiger partial charge in [-0.2, -0.15) is 4.31 Å². The van der Waals surface area contributed by atoms with Gasteiger partial charge in [0.2, 0.25) is 10.0 Å². The zero-order valence-corrected chi connectivity index (χ0v) is 29.8. The largest absolute Gasteiger partial charge is 0.772 e. The summed E-state index contributed by atoms with van der Waals surface area (Å²) in [6.07, 6.45) is 0.472. The number of hydrogen-bond acceptors (Lipinski definition) is 7. The van der Waals surface area contributed by atoms with Crippen LogP contribution in [0.3, 0.4) is 0 Å². The van der Waals surface area contributed by atoms with Crippen molar-refractivity contribution in [3.8, 4) is 17.2 Å². The monoisotopic (exact) mass is 754 g/mol. The molecule has 1 atom stereocenters. The van der Waals surface area contributed by atoms with E-state index in [1.807, 2.05) is 19.1 Å². The van der Waals surface area contributed by atoms with Crippen LogP contribution in [0.1, 0.15) is 44.6 Å². The summed E-state index contributed by atoms with van der Waals surface area (Å²) in [7, 11) is -4.48. The summed E-state index contributed by atoms with van der Waals surface area (Å²) in [5.41, 5.74) is 3.81. The number of rotatable bonds is 14. The second-order valence-electron chi connectivity index (χ2n) is 11.6. The molecular weight excluding hydrogens is 724 g/mol. The predicted molar refractivity (Wildman–Crippen MR) is 190 cm³/mol. The van der Waals surface area contributed by atoms with E-state index >= 15 is 0 Å². The number of carbonyl (C=O) groups is 1. The van der Waals surface area contributed by atoms with Gasteiger partial charge in [-0.25, -0.2) is 12.8 Å². The zero-order chi connectivity index (χ0) is 36.0. The van der Waals surface area contributed by atoms with Crippen molar-refractivity contribution < 1.29 is 36.2 Å². The minimum atomic E-state index is -4.48. The molecule has 0 aliphatic heterocycles. The molecule has 0 fully saturated rings. The summed E-state index contributed by atoms with van der Waals surface area (Å²) in [6.45, 7) is 1.52. The van der Waals surface area contributed by atoms with Crippen LogP contribution >= 0.6 is 23.2 Å². The van der Waals surface area contributed by atoms with E-state index in [4.69, 9.17) is 27.9 Å². The molecule has 0 aliphatic rings. The molecule has 50 heavy (non-hydrogen) atoms. The van der Waals surface area contributed by atoms with Crippen LogP contribution in [0.4, 0.5) is 4.39 Å². The Kier molecular flexibility index (Phi) is 12.1. The number of aromatic hydroxyl groups is 1. The molecule has 0 saturated heterocycles. The van der Waals surface area contributed by atoms with Gasteiger partial charge in [-0.3, -0.25) is 9.00 Å². The fourth-order valence-corrected chi connectivity index (χ4v) is 7.82. The first-order valence-electron chi connectivity index (χ1n) is 15.2. The van der Waals surface area contributed by atoms with Crippen molar-refractivity contribution in [2.75, 3.05) is 0 Å². The van der Waals surface area contributed by atoms with Crippen molar-refractivity contribution in [1.29, 1.82) is 0 Å². The number of phenolic OH excluding ortho intramolecular Hbond substituents is 1. The summed E-state index contributed by atoms with van der Waals surface area (Å²) in [5, 5.41) is 10.5. The van der Waals surface area contributed by atoms with E-state index in [0.717, 1.165) is 15.9 Å². The molecule has 1 N–H and O–H groups in total. The van der Waals surface area contributed by atoms with Gasteiger partial charge >= 0.3 is 0 Å². The number of ketones is 1. The quantitative estimate of drug-likeness (QED) is 0.0890. The van der Waals surface area contributed by atoms with E-state index in [1.165, 1.54) is 30.3 Å². The molecule has 1 unspecified atom stereocenters. The minimum Gasteiger partial charge on any atom is -0.772 e. The summed E-state index contributed by atoms with van der Waals surface area (Å²) < 4.78 is 71.6. The Labute approximate surface area is 302 Å². The highest BCUT2D eigenvalue weighted by Crippen LogP contribution is 2.37. The van der Waals surface area contributed by atoms with E-state index in [-0.39, 0.29) is 41.1 Å². The van der Waals surface area contributed by atoms with Crippen LogP contribution in [-0.2, 0) is 46.4 Å². The zero-order valence-electron chi connectivity index (χ0n) is 26.6. The first-order chi connectivity index (χ1) is 23.8. The van der Waals surface area contributed by atoms with Gasteiger partial charge < -0.3 is 14.4 Å². The van der Waals surface area contributed by atoms with E-state index in [2.05, 4.69) is 0 Å². The van der Waals surface area contributed by atoms with Crippen LogP contribution in [0, 0.1) is 12.7 Å². The number of hydrogen-bond donors (Lipinski definition) is 1. The Balaban J connectivity index is 1.52. The Hall–Kier alpha value is -4.10. The molecule has 8 nitrogen and oxygen atoms in total. The van der Waals surface area contributed by atoms with Crippen molar-refractivity contribution in [1.82, 2.24) is 4.31 Å². The Bertz CT molecular complexity index is 2130. The van der Waals surface area contributed by atoms with Crippen LogP contribution in [0.5, 0.6) is 17.2 Å². The number of sulfonamides is 1. The van der Waals surface area contributed by atoms with Crippen LogP contribution in [0.25, 0.3) is 0 Å². The summed E-state index contributed by atoms with van der Waals surface area (Å²) in [4.78, 5) is 12.5. The molecule has 0 bridgehead atoms. The van der Waals surface area contributed by atoms with Crippen molar-refractivity contribution >= 4 is 50.1 Å². The molecule has 5 aromatic rings. The second kappa shape index (κ2) is 16.3. The number of benzene rings is 5. The topological polar surface area (TPSA) is 124 Å². The number of carbonyl (C=O) groups excluding carboxylic acids is 1. The van der Waals surface area contributed by atoms with Crippen LogP contribution < -0.4 is 4.74 Å². The number of phenols is 1. The standard InChI is InChI=1S/C37H32Cl2FNO7S2/c1-24-2-9-29(10-3-24)35(42)15-8-27-16-28(18-33(17-27)48-32-13-11-31(40)12-14-32)22-41(21-25-4-6-26(7-5-25)23-49(44)45)50(46,47)36-20-30(38)19-34(39)37(36)43/h2-7,9-14,16-20,43H,8,15,21-23H2,1H3,(H,44,45)/p-1. The molecule has 260 valence electrons. The maximum atomic E-state index is 14.2. The van der Waals surface area contributed by atoms with Gasteiger partial charge in [0.25, 0.3) is 0 Å². The van der Waals surface area contributed by atoms with E-state index < -0.39 is 37.6 Å². The van der Waals surface area contributed by atoms with Gasteiger partial charge in [0.05, 0.1) is 5.02 Å². The van der Waals surface area contributed by atoms with Crippen molar-refractivity contribution in [2.45, 2.75) is 43.5 Å². The summed E-state index contributed by atoms with van der Waals surface area (Å²) >= 11 is 9.97. The van der Waals surface area contributed by atoms with Gasteiger partial charge in [-0.1, -0.05) is 94.4 Å². The van der Waals surface area contributed by atoms with Crippen molar-refractivity contribution in [3.63, 3.8) is 0 Å². The molecule has 0 saturated carbocycles. The van der Waals surface area contributed by atoms with Crippen molar-refractivity contribution in [3.05, 3.63) is 152 Å². The number of Topliss-reactive ketones (excluding diaryl/α,β-unsaturated/α-hetero) is 1. The van der Waals surface area contributed by atoms with Crippen LogP contribution in [-0.4, -0.2) is 32.4 Å². The lowest BCUT2D eigenvalue weighted by Gasteiger charge is -2.24. The molecule has 0 aliphatic carbocycles. The molecule has 13 heteroatoms. The highest BCUT2D eigenvalue weighted by molar-refractivity contribution is 7.89. The summed E-state index contributed by atoms with van der Waals surface area (Å²) in [5.74, 6) is -0.718. The lowest BCUT2D eigenvalue weighted by atomic mass is 10.0. The van der Waals surface area contributed by atoms with Gasteiger partial charge in [0, 0.05) is 35.8 Å². The average Bonchev–Trinajstić information content (AvgIpc) is 3.07. The first kappa shape index (κ1) is 37.2. The van der Waals surface area contributed by atoms with Crippen LogP contribution in [0.2, 0.25) is 10.0 Å². The Morgan fingerprint density at radius 2 is 1.46 bits per heavy atom. The number of nitrogens with zero attached hydrogens (tertiary/aromatic N) is 1. The molecule has 0 amide bonds. The molecule has 0 aromatic heterocycles. The van der Waals surface area contributed by atoms with E-state index in [1.54, 1.807) is 54.6 Å². The molecule has 0 heterocycles. The predicted octanol–water partition coefficient (Wildman–Crippen LogP) is 8.52. The highest BCUT2D eigenvalue weighted by Gasteiger charge is 2.30.